The van der Waals surface area contributed by atoms with Crippen molar-refractivity contribution in [1.29, 1.82) is 0 Å². The third-order valence-electron chi connectivity index (χ3n) is 3.97. The van der Waals surface area contributed by atoms with E-state index in [0.717, 1.165) is 35.5 Å². The van der Waals surface area contributed by atoms with Crippen LogP contribution in [-0.4, -0.2) is 41.5 Å². The second-order valence-electron chi connectivity index (χ2n) is 5.62. The number of likely N-dealkylation sites (tertiary alicyclic amines) is 1. The number of anilines is 2. The van der Waals surface area contributed by atoms with E-state index in [1.54, 1.807) is 11.3 Å². The van der Waals surface area contributed by atoms with E-state index in [2.05, 4.69) is 45.6 Å². The predicted molar refractivity (Wildman–Crippen MR) is 88.7 cm³/mol. The van der Waals surface area contributed by atoms with Gasteiger partial charge in [0, 0.05) is 18.0 Å². The van der Waals surface area contributed by atoms with Crippen LogP contribution in [0.3, 0.4) is 0 Å². The quantitative estimate of drug-likeness (QED) is 0.578. The Morgan fingerprint density at radius 1 is 1.48 bits per heavy atom. The predicted octanol–water partition coefficient (Wildman–Crippen LogP) is 1.90. The van der Waals surface area contributed by atoms with E-state index in [9.17, 15) is 0 Å². The van der Waals surface area contributed by atoms with Gasteiger partial charge in [0.05, 0.1) is 5.39 Å². The van der Waals surface area contributed by atoms with Gasteiger partial charge in [0.1, 0.15) is 10.6 Å². The third-order valence-corrected chi connectivity index (χ3v) is 5.14. The van der Waals surface area contributed by atoms with Gasteiger partial charge in [0.25, 0.3) is 0 Å². The van der Waals surface area contributed by atoms with Crippen molar-refractivity contribution in [2.75, 3.05) is 37.4 Å². The van der Waals surface area contributed by atoms with Crippen LogP contribution in [0.5, 0.6) is 0 Å². The number of hydrogen-bond donors (Lipinski definition) is 3. The summed E-state index contributed by atoms with van der Waals surface area (Å²) < 4.78 is 0. The fourth-order valence-electron chi connectivity index (χ4n) is 2.78. The molecule has 0 saturated carbocycles. The van der Waals surface area contributed by atoms with Crippen LogP contribution in [-0.2, 0) is 6.42 Å². The highest BCUT2D eigenvalue weighted by Crippen LogP contribution is 2.30. The first kappa shape index (κ1) is 14.5. The average molecular weight is 306 g/mol. The van der Waals surface area contributed by atoms with E-state index in [1.807, 2.05) is 0 Å². The van der Waals surface area contributed by atoms with Crippen LogP contribution in [0.25, 0.3) is 10.2 Å². The number of rotatable bonds is 5. The number of aromatic nitrogens is 2. The van der Waals surface area contributed by atoms with Crippen molar-refractivity contribution in [3.05, 3.63) is 10.9 Å². The molecule has 1 atom stereocenters. The summed E-state index contributed by atoms with van der Waals surface area (Å²) in [5, 5.41) is 4.59. The zero-order chi connectivity index (χ0) is 14.8. The van der Waals surface area contributed by atoms with Gasteiger partial charge in [-0.25, -0.2) is 10.8 Å². The topological polar surface area (TPSA) is 79.1 Å². The molecule has 1 aliphatic rings. The van der Waals surface area contributed by atoms with Gasteiger partial charge >= 0.3 is 0 Å². The Bertz CT molecular complexity index is 625. The van der Waals surface area contributed by atoms with Crippen LogP contribution < -0.4 is 16.6 Å². The smallest absolute Gasteiger partial charge is 0.240 e. The molecule has 1 saturated heterocycles. The van der Waals surface area contributed by atoms with Gasteiger partial charge in [-0.2, -0.15) is 4.98 Å². The van der Waals surface area contributed by atoms with Crippen LogP contribution in [0.1, 0.15) is 18.2 Å². The summed E-state index contributed by atoms with van der Waals surface area (Å²) >= 11 is 1.70. The van der Waals surface area contributed by atoms with Crippen LogP contribution in [0.15, 0.2) is 6.07 Å². The summed E-state index contributed by atoms with van der Waals surface area (Å²) in [5.74, 6) is 7.52. The van der Waals surface area contributed by atoms with Gasteiger partial charge in [-0.3, -0.25) is 5.43 Å². The van der Waals surface area contributed by atoms with Crippen LogP contribution in [0.4, 0.5) is 11.8 Å². The lowest BCUT2D eigenvalue weighted by molar-refractivity contribution is 0.399. The number of nitrogens with two attached hydrogens (primary N) is 1. The average Bonchev–Trinajstić information content (AvgIpc) is 3.10. The lowest BCUT2D eigenvalue weighted by Gasteiger charge is -2.13. The van der Waals surface area contributed by atoms with Gasteiger partial charge in [-0.05, 0) is 38.4 Å². The van der Waals surface area contributed by atoms with E-state index < -0.39 is 0 Å². The molecule has 1 fully saturated rings. The van der Waals surface area contributed by atoms with Gasteiger partial charge in [-0.1, -0.05) is 6.92 Å². The van der Waals surface area contributed by atoms with Gasteiger partial charge in [0.2, 0.25) is 5.95 Å². The monoisotopic (exact) mass is 306 g/mol. The molecule has 21 heavy (non-hydrogen) atoms. The minimum atomic E-state index is 0.470. The van der Waals surface area contributed by atoms with Crippen LogP contribution in [0.2, 0.25) is 0 Å². The summed E-state index contributed by atoms with van der Waals surface area (Å²) in [6.45, 7) is 5.42. The number of nitrogen functional groups attached to an aromatic ring is 1. The van der Waals surface area contributed by atoms with Crippen LogP contribution in [0, 0.1) is 5.92 Å². The summed E-state index contributed by atoms with van der Waals surface area (Å²) in [6.07, 6.45) is 2.25. The molecule has 1 unspecified atom stereocenters. The molecule has 3 rings (SSSR count). The molecule has 2 aromatic heterocycles. The van der Waals surface area contributed by atoms with Crippen molar-refractivity contribution in [2.24, 2.45) is 11.8 Å². The van der Waals surface area contributed by atoms with Crippen molar-refractivity contribution < 1.29 is 0 Å². The van der Waals surface area contributed by atoms with E-state index in [1.165, 1.54) is 17.8 Å². The normalized spacial score (nSPS) is 19.3. The second kappa shape index (κ2) is 6.13. The maximum atomic E-state index is 5.48. The molecule has 1 aliphatic heterocycles. The molecular formula is C14H22N6S. The highest BCUT2D eigenvalue weighted by molar-refractivity contribution is 7.18. The molecule has 114 valence electrons. The minimum absolute atomic E-state index is 0.470. The summed E-state index contributed by atoms with van der Waals surface area (Å²) in [7, 11) is 2.17. The number of aryl methyl sites for hydroxylation is 1. The van der Waals surface area contributed by atoms with Gasteiger partial charge in [-0.15, -0.1) is 11.3 Å². The standard InChI is InChI=1S/C14H22N6S/c1-3-10-6-11-12(16-7-9-4-5-20(2)8-9)17-14(19-15)18-13(11)21-10/h6,9H,3-5,7-8,15H2,1-2H3,(H2,16,17,18,19). The summed E-state index contributed by atoms with van der Waals surface area (Å²) in [4.78, 5) is 13.6. The first-order chi connectivity index (χ1) is 10.2. The Labute approximate surface area is 128 Å². The Morgan fingerprint density at radius 2 is 2.33 bits per heavy atom. The molecule has 0 bridgehead atoms. The lowest BCUT2D eigenvalue weighted by atomic mass is 10.1. The maximum absolute atomic E-state index is 5.48. The Balaban J connectivity index is 1.83. The molecule has 0 aliphatic carbocycles. The molecule has 0 spiro atoms. The number of fused-ring (bicyclic) bond motifs is 1. The zero-order valence-electron chi connectivity index (χ0n) is 12.5. The Morgan fingerprint density at radius 3 is 3.00 bits per heavy atom. The van der Waals surface area contributed by atoms with Crippen molar-refractivity contribution in [3.8, 4) is 0 Å². The minimum Gasteiger partial charge on any atom is -0.369 e. The molecule has 6 nitrogen and oxygen atoms in total. The van der Waals surface area contributed by atoms with Crippen molar-refractivity contribution in [2.45, 2.75) is 19.8 Å². The van der Waals surface area contributed by atoms with Crippen LogP contribution >= 0.6 is 11.3 Å². The number of hydrazine groups is 1. The third kappa shape index (κ3) is 3.09. The fraction of sp³-hybridized carbons (Fsp3) is 0.571. The molecular weight excluding hydrogens is 284 g/mol. The highest BCUT2D eigenvalue weighted by atomic mass is 32.1. The van der Waals surface area contributed by atoms with Gasteiger partial charge in [0.15, 0.2) is 0 Å². The molecule has 0 aromatic carbocycles. The number of hydrogen-bond acceptors (Lipinski definition) is 7. The fourth-order valence-corrected chi connectivity index (χ4v) is 3.75. The maximum Gasteiger partial charge on any atom is 0.240 e. The molecule has 2 aromatic rings. The van der Waals surface area contributed by atoms with Crippen molar-refractivity contribution >= 4 is 33.3 Å². The number of nitrogens with one attached hydrogen (secondary N) is 2. The Kier molecular flexibility index (Phi) is 4.23. The molecule has 4 N–H and O–H groups in total. The summed E-state index contributed by atoms with van der Waals surface area (Å²) in [5.41, 5.74) is 2.56. The van der Waals surface area contributed by atoms with E-state index in [4.69, 9.17) is 5.84 Å². The summed E-state index contributed by atoms with van der Waals surface area (Å²) in [6, 6.07) is 2.18. The Hall–Kier alpha value is -1.44. The number of thiophene rings is 1. The first-order valence-corrected chi connectivity index (χ1v) is 8.20. The molecule has 0 radical (unpaired) electrons. The van der Waals surface area contributed by atoms with Gasteiger partial charge < -0.3 is 10.2 Å². The SMILES string of the molecule is CCc1cc2c(NCC3CCN(C)C3)nc(NN)nc2s1. The second-order valence-corrected chi connectivity index (χ2v) is 6.74. The zero-order valence-corrected chi connectivity index (χ0v) is 13.3. The van der Waals surface area contributed by atoms with Crippen molar-refractivity contribution in [3.63, 3.8) is 0 Å². The van der Waals surface area contributed by atoms with Crippen molar-refractivity contribution in [1.82, 2.24) is 14.9 Å². The highest BCUT2D eigenvalue weighted by Gasteiger charge is 2.20. The van der Waals surface area contributed by atoms with E-state index in [-0.39, 0.29) is 0 Å². The number of nitrogens with zero attached hydrogens (tertiary/aromatic N) is 3. The lowest BCUT2D eigenvalue weighted by Crippen LogP contribution is -2.20. The first-order valence-electron chi connectivity index (χ1n) is 7.39. The largest absolute Gasteiger partial charge is 0.369 e. The molecule has 3 heterocycles. The molecule has 7 heteroatoms. The van der Waals surface area contributed by atoms with E-state index >= 15 is 0 Å². The van der Waals surface area contributed by atoms with E-state index in [0.29, 0.717) is 11.9 Å². The molecule has 0 amide bonds.